The highest BCUT2D eigenvalue weighted by atomic mass is 19.4. The third-order valence-corrected chi connectivity index (χ3v) is 2.86. The summed E-state index contributed by atoms with van der Waals surface area (Å²) in [6.45, 7) is 0. The SMILES string of the molecule is N#CC1(O)NC=C(c2cccc(OC(F)(F)F)c2)C=C1[N+](=O)[O-]. The molecule has 1 atom stereocenters. The molecule has 0 spiro atoms. The van der Waals surface area contributed by atoms with Crippen LogP contribution in [0.25, 0.3) is 5.57 Å². The lowest BCUT2D eigenvalue weighted by Gasteiger charge is -2.22. The summed E-state index contributed by atoms with van der Waals surface area (Å²) in [5, 5.41) is 31.7. The summed E-state index contributed by atoms with van der Waals surface area (Å²) in [6, 6.07) is 6.09. The number of alkyl halides is 3. The minimum Gasteiger partial charge on any atom is -0.406 e. The minimum atomic E-state index is -4.87. The molecule has 0 fully saturated rings. The zero-order chi connectivity index (χ0) is 17.3. The van der Waals surface area contributed by atoms with Crippen molar-refractivity contribution in [3.63, 3.8) is 0 Å². The Labute approximate surface area is 127 Å². The highest BCUT2D eigenvalue weighted by Crippen LogP contribution is 2.30. The first-order valence-electron chi connectivity index (χ1n) is 5.99. The van der Waals surface area contributed by atoms with Gasteiger partial charge in [-0.3, -0.25) is 10.1 Å². The molecule has 1 aromatic carbocycles. The van der Waals surface area contributed by atoms with E-state index in [1.807, 2.05) is 0 Å². The number of rotatable bonds is 3. The van der Waals surface area contributed by atoms with Gasteiger partial charge in [0.05, 0.1) is 4.92 Å². The number of aliphatic hydroxyl groups is 1. The van der Waals surface area contributed by atoms with E-state index in [0.717, 1.165) is 24.4 Å². The first-order valence-corrected chi connectivity index (χ1v) is 5.99. The number of allylic oxidation sites excluding steroid dienone is 2. The molecule has 2 rings (SSSR count). The van der Waals surface area contributed by atoms with Crippen LogP contribution in [0.3, 0.4) is 0 Å². The van der Waals surface area contributed by atoms with Gasteiger partial charge in [-0.05, 0) is 17.7 Å². The first kappa shape index (κ1) is 16.3. The molecule has 120 valence electrons. The van der Waals surface area contributed by atoms with Gasteiger partial charge in [-0.1, -0.05) is 12.1 Å². The Balaban J connectivity index is 2.39. The van der Waals surface area contributed by atoms with Gasteiger partial charge in [0.25, 0.3) is 0 Å². The van der Waals surface area contributed by atoms with E-state index < -0.39 is 28.5 Å². The second-order valence-electron chi connectivity index (χ2n) is 4.43. The van der Waals surface area contributed by atoms with E-state index in [-0.39, 0.29) is 11.1 Å². The summed E-state index contributed by atoms with van der Waals surface area (Å²) >= 11 is 0. The van der Waals surface area contributed by atoms with Gasteiger partial charge >= 0.3 is 17.8 Å². The van der Waals surface area contributed by atoms with Gasteiger partial charge in [0.15, 0.2) is 0 Å². The summed E-state index contributed by atoms with van der Waals surface area (Å²) in [6.07, 6.45) is -2.89. The van der Waals surface area contributed by atoms with Gasteiger partial charge < -0.3 is 15.2 Å². The lowest BCUT2D eigenvalue weighted by atomic mass is 9.99. The molecule has 0 aromatic heterocycles. The third-order valence-electron chi connectivity index (χ3n) is 2.86. The van der Waals surface area contributed by atoms with E-state index in [1.165, 1.54) is 18.2 Å². The maximum absolute atomic E-state index is 12.2. The first-order chi connectivity index (χ1) is 10.6. The van der Waals surface area contributed by atoms with E-state index in [9.17, 15) is 28.4 Å². The van der Waals surface area contributed by atoms with Crippen LogP contribution in [0.2, 0.25) is 0 Å². The molecule has 23 heavy (non-hydrogen) atoms. The molecule has 0 saturated carbocycles. The van der Waals surface area contributed by atoms with Crippen LogP contribution >= 0.6 is 0 Å². The molecule has 1 aliphatic rings. The van der Waals surface area contributed by atoms with Gasteiger partial charge in [0.1, 0.15) is 11.8 Å². The van der Waals surface area contributed by atoms with Crippen LogP contribution in [0.5, 0.6) is 5.75 Å². The molecule has 10 heteroatoms. The van der Waals surface area contributed by atoms with Crippen molar-refractivity contribution in [2.24, 2.45) is 0 Å². The van der Waals surface area contributed by atoms with Crippen molar-refractivity contribution < 1.29 is 27.9 Å². The molecule has 0 radical (unpaired) electrons. The molecule has 2 N–H and O–H groups in total. The zero-order valence-corrected chi connectivity index (χ0v) is 11.2. The predicted molar refractivity (Wildman–Crippen MR) is 69.9 cm³/mol. The molecular weight excluding hydrogens is 319 g/mol. The highest BCUT2D eigenvalue weighted by molar-refractivity contribution is 5.76. The summed E-state index contributed by atoms with van der Waals surface area (Å²) in [7, 11) is 0. The summed E-state index contributed by atoms with van der Waals surface area (Å²) in [4.78, 5) is 9.99. The number of nitrogens with zero attached hydrogens (tertiary/aromatic N) is 2. The second-order valence-corrected chi connectivity index (χ2v) is 4.43. The number of nitriles is 1. The third kappa shape index (κ3) is 3.58. The number of nitrogens with one attached hydrogen (secondary N) is 1. The fourth-order valence-electron chi connectivity index (χ4n) is 1.86. The van der Waals surface area contributed by atoms with Crippen LogP contribution in [0.4, 0.5) is 13.2 Å². The number of halogens is 3. The van der Waals surface area contributed by atoms with Crippen molar-refractivity contribution in [2.75, 3.05) is 0 Å². The normalized spacial score (nSPS) is 20.7. The number of nitro groups is 1. The van der Waals surface area contributed by atoms with E-state index in [2.05, 4.69) is 10.1 Å². The van der Waals surface area contributed by atoms with E-state index >= 15 is 0 Å². The van der Waals surface area contributed by atoms with Gasteiger partial charge in [-0.15, -0.1) is 13.2 Å². The summed E-state index contributed by atoms with van der Waals surface area (Å²) in [5.41, 5.74) is -3.10. The lowest BCUT2D eigenvalue weighted by Crippen LogP contribution is -2.46. The fraction of sp³-hybridized carbons (Fsp3) is 0.154. The molecule has 1 aliphatic heterocycles. The Kier molecular flexibility index (Phi) is 3.98. The molecule has 1 unspecified atom stereocenters. The molecular formula is C13H8F3N3O4. The van der Waals surface area contributed by atoms with Gasteiger partial charge in [-0.25, -0.2) is 0 Å². The zero-order valence-electron chi connectivity index (χ0n) is 11.2. The van der Waals surface area contributed by atoms with Crippen molar-refractivity contribution in [1.82, 2.24) is 5.32 Å². The minimum absolute atomic E-state index is 0.101. The maximum Gasteiger partial charge on any atom is 0.573 e. The highest BCUT2D eigenvalue weighted by Gasteiger charge is 2.43. The van der Waals surface area contributed by atoms with Gasteiger partial charge in [-0.2, -0.15) is 5.26 Å². The number of hydrogen-bond acceptors (Lipinski definition) is 6. The van der Waals surface area contributed by atoms with Gasteiger partial charge in [0.2, 0.25) is 0 Å². The maximum atomic E-state index is 12.2. The molecule has 1 heterocycles. The second kappa shape index (κ2) is 5.62. The Morgan fingerprint density at radius 1 is 1.43 bits per heavy atom. The number of ether oxygens (including phenoxy) is 1. The van der Waals surface area contributed by atoms with E-state index in [0.29, 0.717) is 0 Å². The van der Waals surface area contributed by atoms with Crippen LogP contribution in [0, 0.1) is 21.4 Å². The molecule has 1 aromatic rings. The monoisotopic (exact) mass is 327 g/mol. The van der Waals surface area contributed by atoms with Crippen molar-refractivity contribution in [1.29, 1.82) is 5.26 Å². The van der Waals surface area contributed by atoms with Gasteiger partial charge in [0, 0.05) is 17.8 Å². The summed E-state index contributed by atoms with van der Waals surface area (Å²) < 4.78 is 40.4. The van der Waals surface area contributed by atoms with Crippen LogP contribution in [0.1, 0.15) is 5.56 Å². The van der Waals surface area contributed by atoms with Crippen LogP contribution in [0.15, 0.2) is 42.2 Å². The molecule has 0 saturated heterocycles. The quantitative estimate of drug-likeness (QED) is 0.499. The standard InChI is InChI=1S/C13H8F3N3O4/c14-13(15,16)23-10-3-1-2-8(4-10)9-5-11(19(21)22)12(20,7-17)18-6-9/h1-6,18,20H. The van der Waals surface area contributed by atoms with Crippen molar-refractivity contribution >= 4 is 5.57 Å². The lowest BCUT2D eigenvalue weighted by molar-refractivity contribution is -0.442. The van der Waals surface area contributed by atoms with Crippen molar-refractivity contribution in [3.05, 3.63) is 57.9 Å². The average Bonchev–Trinajstić information content (AvgIpc) is 2.46. The molecule has 0 aliphatic carbocycles. The van der Waals surface area contributed by atoms with Crippen LogP contribution in [-0.4, -0.2) is 22.1 Å². The molecule has 0 bridgehead atoms. The van der Waals surface area contributed by atoms with Crippen molar-refractivity contribution in [2.45, 2.75) is 12.1 Å². The summed E-state index contributed by atoms with van der Waals surface area (Å²) in [5.74, 6) is -0.506. The Bertz CT molecular complexity index is 752. The fourth-order valence-corrected chi connectivity index (χ4v) is 1.86. The topological polar surface area (TPSA) is 108 Å². The van der Waals surface area contributed by atoms with E-state index in [1.54, 1.807) is 0 Å². The number of dihydropyridines is 1. The Morgan fingerprint density at radius 2 is 2.13 bits per heavy atom. The Morgan fingerprint density at radius 3 is 2.70 bits per heavy atom. The van der Waals surface area contributed by atoms with Crippen LogP contribution in [-0.2, 0) is 0 Å². The average molecular weight is 327 g/mol. The van der Waals surface area contributed by atoms with Crippen molar-refractivity contribution in [3.8, 4) is 11.8 Å². The molecule has 7 nitrogen and oxygen atoms in total. The number of hydrogen-bond donors (Lipinski definition) is 2. The van der Waals surface area contributed by atoms with E-state index in [4.69, 9.17) is 5.26 Å². The number of benzene rings is 1. The predicted octanol–water partition coefficient (Wildman–Crippen LogP) is 1.90. The van der Waals surface area contributed by atoms with Crippen LogP contribution < -0.4 is 10.1 Å². The Hall–Kier alpha value is -3.06. The largest absolute Gasteiger partial charge is 0.573 e. The molecule has 0 amide bonds. The smallest absolute Gasteiger partial charge is 0.406 e.